The predicted molar refractivity (Wildman–Crippen MR) is 80.5 cm³/mol. The first-order valence-electron chi connectivity index (χ1n) is 7.71. The van der Waals surface area contributed by atoms with Crippen LogP contribution in [0.3, 0.4) is 0 Å². The summed E-state index contributed by atoms with van der Waals surface area (Å²) in [6.07, 6.45) is 8.88. The van der Waals surface area contributed by atoms with Gasteiger partial charge in [-0.2, -0.15) is 0 Å². The smallest absolute Gasteiger partial charge is 0.225 e. The summed E-state index contributed by atoms with van der Waals surface area (Å²) in [4.78, 5) is 14.7. The first-order valence-corrected chi connectivity index (χ1v) is 8.83. The molecule has 0 radical (unpaired) electrons. The van der Waals surface area contributed by atoms with Crippen LogP contribution in [-0.2, 0) is 9.53 Å². The molecule has 2 fully saturated rings. The second kappa shape index (κ2) is 7.63. The predicted octanol–water partition coefficient (Wildman–Crippen LogP) is 3.36. The van der Waals surface area contributed by atoms with Crippen LogP contribution in [0.2, 0.25) is 0 Å². The first kappa shape index (κ1) is 15.3. The van der Waals surface area contributed by atoms with Crippen molar-refractivity contribution in [1.82, 2.24) is 4.90 Å². The van der Waals surface area contributed by atoms with Crippen LogP contribution in [0.15, 0.2) is 0 Å². The number of carbonyl (C=O) groups excluding carboxylic acids is 1. The zero-order valence-corrected chi connectivity index (χ0v) is 13.5. The highest BCUT2D eigenvalue weighted by Crippen LogP contribution is 2.25. The summed E-state index contributed by atoms with van der Waals surface area (Å²) in [5.41, 5.74) is 0. The van der Waals surface area contributed by atoms with Gasteiger partial charge in [0.05, 0.1) is 12.2 Å². The minimum atomic E-state index is 0.154. The van der Waals surface area contributed by atoms with Gasteiger partial charge in [0.2, 0.25) is 5.91 Å². The molecule has 19 heavy (non-hydrogen) atoms. The third-order valence-electron chi connectivity index (χ3n) is 4.26. The molecule has 1 aliphatic carbocycles. The van der Waals surface area contributed by atoms with Gasteiger partial charge in [0.15, 0.2) is 0 Å². The number of ether oxygens (including phenoxy) is 1. The fourth-order valence-electron chi connectivity index (χ4n) is 3.27. The molecule has 0 aromatic heterocycles. The van der Waals surface area contributed by atoms with Crippen molar-refractivity contribution in [2.75, 3.05) is 18.4 Å². The molecule has 0 aromatic rings. The minimum absolute atomic E-state index is 0.154. The molecule has 3 nitrogen and oxygen atoms in total. The number of morpholine rings is 1. The number of alkyl halides is 1. The monoisotopic (exact) mass is 331 g/mol. The van der Waals surface area contributed by atoms with Gasteiger partial charge < -0.3 is 9.64 Å². The molecule has 4 heteroatoms. The van der Waals surface area contributed by atoms with Gasteiger partial charge in [0.1, 0.15) is 0 Å². The zero-order chi connectivity index (χ0) is 13.7. The van der Waals surface area contributed by atoms with Crippen LogP contribution < -0.4 is 0 Å². The molecule has 2 aliphatic rings. The number of hydrogen-bond acceptors (Lipinski definition) is 2. The van der Waals surface area contributed by atoms with E-state index in [2.05, 4.69) is 22.9 Å². The van der Waals surface area contributed by atoms with E-state index < -0.39 is 0 Å². The third-order valence-corrected chi connectivity index (χ3v) is 4.99. The Morgan fingerprint density at radius 2 is 1.79 bits per heavy atom. The highest BCUT2D eigenvalue weighted by atomic mass is 79.9. The highest BCUT2D eigenvalue weighted by molar-refractivity contribution is 9.09. The van der Waals surface area contributed by atoms with Gasteiger partial charge in [0.25, 0.3) is 0 Å². The normalized spacial score (nSPS) is 30.7. The molecule has 1 aliphatic heterocycles. The molecule has 1 amide bonds. The van der Waals surface area contributed by atoms with Crippen molar-refractivity contribution in [3.8, 4) is 0 Å². The number of amides is 1. The summed E-state index contributed by atoms with van der Waals surface area (Å²) in [6, 6.07) is 0. The van der Waals surface area contributed by atoms with Gasteiger partial charge in [0, 0.05) is 24.3 Å². The van der Waals surface area contributed by atoms with Crippen molar-refractivity contribution >= 4 is 21.8 Å². The standard InChI is InChI=1S/C15H26BrNO2/c1-12-10-17(11-14(9-16)19-12)15(18)13-7-5-3-2-4-6-8-13/h12-14H,2-11H2,1H3. The first-order chi connectivity index (χ1) is 9.20. The fourth-order valence-corrected chi connectivity index (χ4v) is 3.63. The molecule has 0 N–H and O–H groups in total. The van der Waals surface area contributed by atoms with E-state index in [1.54, 1.807) is 0 Å². The highest BCUT2D eigenvalue weighted by Gasteiger charge is 2.31. The Morgan fingerprint density at radius 1 is 1.16 bits per heavy atom. The van der Waals surface area contributed by atoms with Crippen molar-refractivity contribution in [1.29, 1.82) is 0 Å². The SMILES string of the molecule is CC1CN(C(=O)C2CCCCCCC2)CC(CBr)O1. The van der Waals surface area contributed by atoms with Crippen LogP contribution in [0.1, 0.15) is 51.9 Å². The van der Waals surface area contributed by atoms with Crippen molar-refractivity contribution in [2.24, 2.45) is 5.92 Å². The van der Waals surface area contributed by atoms with E-state index in [1.807, 2.05) is 4.90 Å². The van der Waals surface area contributed by atoms with Crippen LogP contribution in [0.4, 0.5) is 0 Å². The summed E-state index contributed by atoms with van der Waals surface area (Å²) in [5, 5.41) is 0.811. The lowest BCUT2D eigenvalue weighted by atomic mass is 9.90. The topological polar surface area (TPSA) is 29.5 Å². The Labute approximate surface area is 125 Å². The number of carbonyl (C=O) groups is 1. The lowest BCUT2D eigenvalue weighted by molar-refractivity contribution is -0.147. The lowest BCUT2D eigenvalue weighted by Gasteiger charge is -2.38. The van der Waals surface area contributed by atoms with Gasteiger partial charge in [-0.05, 0) is 19.8 Å². The molecule has 110 valence electrons. The van der Waals surface area contributed by atoms with Gasteiger partial charge in [-0.1, -0.05) is 48.0 Å². The van der Waals surface area contributed by atoms with E-state index in [9.17, 15) is 4.79 Å². The molecule has 2 rings (SSSR count). The maximum atomic E-state index is 12.7. The second-order valence-electron chi connectivity index (χ2n) is 6.01. The number of rotatable bonds is 2. The van der Waals surface area contributed by atoms with E-state index in [4.69, 9.17) is 4.74 Å². The zero-order valence-electron chi connectivity index (χ0n) is 11.9. The van der Waals surface area contributed by atoms with Crippen molar-refractivity contribution < 1.29 is 9.53 Å². The van der Waals surface area contributed by atoms with E-state index in [0.29, 0.717) is 5.91 Å². The summed E-state index contributed by atoms with van der Waals surface area (Å²) < 4.78 is 5.81. The van der Waals surface area contributed by atoms with E-state index >= 15 is 0 Å². The molecular formula is C15H26BrNO2. The molecule has 1 saturated heterocycles. The second-order valence-corrected chi connectivity index (χ2v) is 6.66. The Kier molecular flexibility index (Phi) is 6.14. The molecule has 0 bridgehead atoms. The summed E-state index contributed by atoms with van der Waals surface area (Å²) >= 11 is 3.47. The molecule has 2 unspecified atom stereocenters. The Hall–Kier alpha value is -0.0900. The maximum absolute atomic E-state index is 12.7. The van der Waals surface area contributed by atoms with E-state index in [-0.39, 0.29) is 18.1 Å². The van der Waals surface area contributed by atoms with E-state index in [0.717, 1.165) is 31.3 Å². The van der Waals surface area contributed by atoms with Gasteiger partial charge in [-0.25, -0.2) is 0 Å². The number of hydrogen-bond donors (Lipinski definition) is 0. The molecule has 2 atom stereocenters. The summed E-state index contributed by atoms with van der Waals surface area (Å²) in [7, 11) is 0. The summed E-state index contributed by atoms with van der Waals surface area (Å²) in [5.74, 6) is 0.643. The maximum Gasteiger partial charge on any atom is 0.225 e. The molecule has 0 aromatic carbocycles. The molecule has 0 spiro atoms. The van der Waals surface area contributed by atoms with Crippen LogP contribution in [0, 0.1) is 5.92 Å². The molecular weight excluding hydrogens is 306 g/mol. The van der Waals surface area contributed by atoms with Crippen LogP contribution in [-0.4, -0.2) is 41.4 Å². The van der Waals surface area contributed by atoms with Gasteiger partial charge in [-0.3, -0.25) is 4.79 Å². The Balaban J connectivity index is 1.92. The van der Waals surface area contributed by atoms with Crippen LogP contribution >= 0.6 is 15.9 Å². The van der Waals surface area contributed by atoms with Crippen molar-refractivity contribution in [2.45, 2.75) is 64.1 Å². The lowest BCUT2D eigenvalue weighted by Crippen LogP contribution is -2.51. The van der Waals surface area contributed by atoms with Crippen LogP contribution in [0.25, 0.3) is 0 Å². The summed E-state index contributed by atoms with van der Waals surface area (Å²) in [6.45, 7) is 3.58. The van der Waals surface area contributed by atoms with Crippen molar-refractivity contribution in [3.05, 3.63) is 0 Å². The molecule has 1 heterocycles. The fraction of sp³-hybridized carbons (Fsp3) is 0.933. The number of nitrogens with zero attached hydrogens (tertiary/aromatic N) is 1. The largest absolute Gasteiger partial charge is 0.371 e. The third kappa shape index (κ3) is 4.45. The number of halogens is 1. The Bertz CT molecular complexity index is 290. The van der Waals surface area contributed by atoms with Gasteiger partial charge in [-0.15, -0.1) is 0 Å². The van der Waals surface area contributed by atoms with Crippen LogP contribution in [0.5, 0.6) is 0 Å². The average Bonchev–Trinajstić information content (AvgIpc) is 2.37. The Morgan fingerprint density at radius 3 is 2.42 bits per heavy atom. The van der Waals surface area contributed by atoms with E-state index in [1.165, 1.54) is 32.1 Å². The van der Waals surface area contributed by atoms with Crippen molar-refractivity contribution in [3.63, 3.8) is 0 Å². The minimum Gasteiger partial charge on any atom is -0.371 e. The van der Waals surface area contributed by atoms with Gasteiger partial charge >= 0.3 is 0 Å². The average molecular weight is 332 g/mol. The molecule has 1 saturated carbocycles. The quantitative estimate of drug-likeness (QED) is 0.726.